The summed E-state index contributed by atoms with van der Waals surface area (Å²) in [4.78, 5) is 0. The number of anilines is 1. The second kappa shape index (κ2) is 8.14. The Kier molecular flexibility index (Phi) is 5.68. The molecule has 128 valence electrons. The third-order valence-electron chi connectivity index (χ3n) is 3.53. The molecule has 25 heavy (non-hydrogen) atoms. The van der Waals surface area contributed by atoms with Crippen LogP contribution in [0.25, 0.3) is 5.69 Å². The average molecular weight is 371 g/mol. The molecule has 2 aromatic heterocycles. The van der Waals surface area contributed by atoms with Crippen molar-refractivity contribution in [3.05, 3.63) is 47.3 Å². The molecule has 3 rings (SSSR count). The Morgan fingerprint density at radius 2 is 2.08 bits per heavy atom. The van der Waals surface area contributed by atoms with E-state index in [-0.39, 0.29) is 0 Å². The maximum atomic E-state index is 9.51. The fourth-order valence-electron chi connectivity index (χ4n) is 2.34. The van der Waals surface area contributed by atoms with Crippen molar-refractivity contribution in [2.75, 3.05) is 11.9 Å². The van der Waals surface area contributed by atoms with Crippen LogP contribution in [0.4, 0.5) is 5.13 Å². The summed E-state index contributed by atoms with van der Waals surface area (Å²) >= 11 is 3.10. The van der Waals surface area contributed by atoms with Crippen molar-refractivity contribution in [2.24, 2.45) is 0 Å². The van der Waals surface area contributed by atoms with Crippen LogP contribution < -0.4 is 5.32 Å². The number of rotatable bonds is 7. The monoisotopic (exact) mass is 370 g/mol. The van der Waals surface area contributed by atoms with Gasteiger partial charge < -0.3 is 5.32 Å². The van der Waals surface area contributed by atoms with E-state index in [0.717, 1.165) is 39.5 Å². The number of hydrogen-bond acceptors (Lipinski definition) is 7. The lowest BCUT2D eigenvalue weighted by Gasteiger charge is -2.06. The van der Waals surface area contributed by atoms with Crippen LogP contribution in [0.2, 0.25) is 0 Å². The molecule has 2 heterocycles. The quantitative estimate of drug-likeness (QED) is 0.633. The number of nitrogens with one attached hydrogen (secondary N) is 1. The highest BCUT2D eigenvalue weighted by Gasteiger charge is 2.17. The normalized spacial score (nSPS) is 10.6. The van der Waals surface area contributed by atoms with Crippen LogP contribution in [0.5, 0.6) is 0 Å². The first-order valence-corrected chi connectivity index (χ1v) is 9.77. The van der Waals surface area contributed by atoms with Crippen LogP contribution >= 0.6 is 23.1 Å². The predicted octanol–water partition coefficient (Wildman–Crippen LogP) is 4.02. The highest BCUT2D eigenvalue weighted by atomic mass is 32.2. The number of para-hydroxylation sites is 1. The molecule has 3 aromatic rings. The summed E-state index contributed by atoms with van der Waals surface area (Å²) in [5.41, 5.74) is 3.20. The summed E-state index contributed by atoms with van der Waals surface area (Å²) < 4.78 is 2.72. The number of aryl methyl sites for hydroxylation is 1. The largest absolute Gasteiger partial charge is 0.360 e. The van der Waals surface area contributed by atoms with Crippen LogP contribution in [0.1, 0.15) is 30.3 Å². The Bertz CT molecular complexity index is 878. The van der Waals surface area contributed by atoms with E-state index in [0.29, 0.717) is 11.3 Å². The summed E-state index contributed by atoms with van der Waals surface area (Å²) in [7, 11) is 0. The summed E-state index contributed by atoms with van der Waals surface area (Å²) in [6.07, 6.45) is 1.04. The fourth-order valence-corrected chi connectivity index (χ4v) is 4.12. The molecule has 0 aliphatic rings. The lowest BCUT2D eigenvalue weighted by atomic mass is 10.2. The first-order valence-electron chi connectivity index (χ1n) is 7.97. The lowest BCUT2D eigenvalue weighted by Crippen LogP contribution is -2.01. The number of benzene rings is 1. The molecule has 8 heteroatoms. The zero-order chi connectivity index (χ0) is 17.6. The van der Waals surface area contributed by atoms with Crippen LogP contribution in [0.15, 0.2) is 34.7 Å². The lowest BCUT2D eigenvalue weighted by molar-refractivity contribution is 0.828. The topological polar surface area (TPSA) is 79.4 Å². The van der Waals surface area contributed by atoms with E-state index in [2.05, 4.69) is 33.6 Å². The molecule has 0 amide bonds. The molecule has 0 unspecified atom stereocenters. The van der Waals surface area contributed by atoms with Crippen LogP contribution in [0, 0.1) is 18.3 Å². The van der Waals surface area contributed by atoms with Gasteiger partial charge in [-0.2, -0.15) is 10.4 Å². The Balaban J connectivity index is 1.82. The minimum Gasteiger partial charge on any atom is -0.360 e. The minimum atomic E-state index is 0.612. The van der Waals surface area contributed by atoms with Gasteiger partial charge in [-0.3, -0.25) is 0 Å². The maximum absolute atomic E-state index is 9.51. The van der Waals surface area contributed by atoms with Gasteiger partial charge in [-0.15, -0.1) is 10.2 Å². The van der Waals surface area contributed by atoms with Gasteiger partial charge in [0.1, 0.15) is 6.07 Å². The molecule has 6 nitrogen and oxygen atoms in total. The van der Waals surface area contributed by atoms with Gasteiger partial charge in [0.25, 0.3) is 0 Å². The van der Waals surface area contributed by atoms with Crippen molar-refractivity contribution in [1.82, 2.24) is 20.0 Å². The van der Waals surface area contributed by atoms with Crippen molar-refractivity contribution >= 4 is 28.2 Å². The number of nitriles is 1. The number of hydrogen-bond donors (Lipinski definition) is 1. The van der Waals surface area contributed by atoms with Crippen LogP contribution in [0.3, 0.4) is 0 Å². The van der Waals surface area contributed by atoms with E-state index in [9.17, 15) is 5.26 Å². The molecule has 0 saturated carbocycles. The highest BCUT2D eigenvalue weighted by molar-refractivity contribution is 8.00. The van der Waals surface area contributed by atoms with Gasteiger partial charge in [-0.05, 0) is 25.5 Å². The Morgan fingerprint density at radius 3 is 2.80 bits per heavy atom. The molecule has 0 bridgehead atoms. The van der Waals surface area contributed by atoms with Gasteiger partial charge in [0.05, 0.1) is 22.6 Å². The third-order valence-corrected chi connectivity index (χ3v) is 5.56. The molecule has 0 saturated heterocycles. The summed E-state index contributed by atoms with van der Waals surface area (Å²) in [5, 5.41) is 26.5. The molecule has 0 aliphatic heterocycles. The van der Waals surface area contributed by atoms with Crippen molar-refractivity contribution in [3.8, 4) is 11.8 Å². The first kappa shape index (κ1) is 17.5. The fraction of sp³-hybridized carbons (Fsp3) is 0.294. The van der Waals surface area contributed by atoms with Gasteiger partial charge in [-0.1, -0.05) is 48.2 Å². The number of aromatic nitrogens is 4. The summed E-state index contributed by atoms with van der Waals surface area (Å²) in [5.74, 6) is 0.612. The Labute approximate surface area is 154 Å². The average Bonchev–Trinajstić information content (AvgIpc) is 3.22. The molecule has 0 spiro atoms. The van der Waals surface area contributed by atoms with Crippen LogP contribution in [-0.2, 0) is 5.75 Å². The maximum Gasteiger partial charge on any atom is 0.206 e. The zero-order valence-corrected chi connectivity index (χ0v) is 15.7. The Morgan fingerprint density at radius 1 is 1.28 bits per heavy atom. The summed E-state index contributed by atoms with van der Waals surface area (Å²) in [6.45, 7) is 4.86. The number of nitrogens with zero attached hydrogens (tertiary/aromatic N) is 5. The van der Waals surface area contributed by atoms with Gasteiger partial charge in [0, 0.05) is 12.3 Å². The molecule has 1 aromatic carbocycles. The smallest absolute Gasteiger partial charge is 0.206 e. The first-order chi connectivity index (χ1) is 12.2. The number of thioether (sulfide) groups is 1. The van der Waals surface area contributed by atoms with Crippen molar-refractivity contribution < 1.29 is 0 Å². The van der Waals surface area contributed by atoms with E-state index in [1.807, 2.05) is 41.9 Å². The van der Waals surface area contributed by atoms with Crippen molar-refractivity contribution in [1.29, 1.82) is 5.26 Å². The second-order valence-electron chi connectivity index (χ2n) is 5.35. The highest BCUT2D eigenvalue weighted by Crippen LogP contribution is 2.30. The van der Waals surface area contributed by atoms with Crippen molar-refractivity contribution in [2.45, 2.75) is 30.4 Å². The molecule has 1 N–H and O–H groups in total. The van der Waals surface area contributed by atoms with Gasteiger partial charge in [0.15, 0.2) is 4.34 Å². The van der Waals surface area contributed by atoms with Crippen LogP contribution in [-0.4, -0.2) is 26.5 Å². The minimum absolute atomic E-state index is 0.612. The van der Waals surface area contributed by atoms with Gasteiger partial charge >= 0.3 is 0 Å². The van der Waals surface area contributed by atoms with Crippen molar-refractivity contribution in [3.63, 3.8) is 0 Å². The van der Waals surface area contributed by atoms with E-state index in [1.165, 1.54) is 11.3 Å². The predicted molar refractivity (Wildman–Crippen MR) is 101 cm³/mol. The van der Waals surface area contributed by atoms with E-state index in [4.69, 9.17) is 0 Å². The standard InChI is InChI=1S/C17H18N6S2/c1-3-9-19-16-20-21-17(25-16)24-11-15-14(10-18)12(2)22-23(15)13-7-5-4-6-8-13/h4-8H,3,9,11H2,1-2H3,(H,19,20). The molecule has 0 atom stereocenters. The van der Waals surface area contributed by atoms with E-state index < -0.39 is 0 Å². The zero-order valence-electron chi connectivity index (χ0n) is 14.1. The SMILES string of the molecule is CCCNc1nnc(SCc2c(C#N)c(C)nn2-c2ccccc2)s1. The molecule has 0 fully saturated rings. The van der Waals surface area contributed by atoms with Gasteiger partial charge in [-0.25, -0.2) is 4.68 Å². The van der Waals surface area contributed by atoms with E-state index in [1.54, 1.807) is 11.8 Å². The summed E-state index contributed by atoms with van der Waals surface area (Å²) in [6, 6.07) is 12.1. The third kappa shape index (κ3) is 4.00. The molecular weight excluding hydrogens is 352 g/mol. The molecule has 0 aliphatic carbocycles. The van der Waals surface area contributed by atoms with E-state index >= 15 is 0 Å². The van der Waals surface area contributed by atoms with Gasteiger partial charge in [0.2, 0.25) is 5.13 Å². The second-order valence-corrected chi connectivity index (χ2v) is 7.55. The molecule has 0 radical (unpaired) electrons. The molecular formula is C17H18N6S2. The Hall–Kier alpha value is -2.37.